The van der Waals surface area contributed by atoms with Crippen LogP contribution >= 0.6 is 0 Å². The number of nitrogens with zero attached hydrogens (tertiary/aromatic N) is 1. The average molecular weight is 273 g/mol. The van der Waals surface area contributed by atoms with Crippen LogP contribution in [0, 0.1) is 12.3 Å². The number of rotatable bonds is 6. The number of benzene rings is 1. The van der Waals surface area contributed by atoms with Crippen LogP contribution in [0.4, 0.5) is 0 Å². The van der Waals surface area contributed by atoms with Gasteiger partial charge in [0.15, 0.2) is 5.96 Å². The van der Waals surface area contributed by atoms with Crippen LogP contribution in [0.25, 0.3) is 0 Å². The lowest BCUT2D eigenvalue weighted by molar-refractivity contribution is 0.242. The van der Waals surface area contributed by atoms with Crippen LogP contribution in [0.5, 0.6) is 5.75 Å². The Balaban J connectivity index is 2.59. The van der Waals surface area contributed by atoms with E-state index in [1.165, 1.54) is 0 Å². The lowest BCUT2D eigenvalue weighted by Crippen LogP contribution is -2.37. The SMILES string of the molecule is C#CCNC(=NCc1ccc(OC(C)C)cc1)NCC. The van der Waals surface area contributed by atoms with Crippen LogP contribution in [0.3, 0.4) is 0 Å². The number of hydrogen-bond acceptors (Lipinski definition) is 2. The van der Waals surface area contributed by atoms with E-state index < -0.39 is 0 Å². The highest BCUT2D eigenvalue weighted by Crippen LogP contribution is 2.14. The van der Waals surface area contributed by atoms with Gasteiger partial charge in [0.25, 0.3) is 0 Å². The number of nitrogens with one attached hydrogen (secondary N) is 2. The van der Waals surface area contributed by atoms with Crippen LogP contribution < -0.4 is 15.4 Å². The second kappa shape index (κ2) is 8.87. The highest BCUT2D eigenvalue weighted by molar-refractivity contribution is 5.79. The Labute approximate surface area is 121 Å². The van der Waals surface area contributed by atoms with E-state index in [2.05, 4.69) is 21.5 Å². The van der Waals surface area contributed by atoms with E-state index in [4.69, 9.17) is 11.2 Å². The molecule has 0 aromatic heterocycles. The zero-order valence-electron chi connectivity index (χ0n) is 12.4. The summed E-state index contributed by atoms with van der Waals surface area (Å²) in [6.45, 7) is 7.91. The van der Waals surface area contributed by atoms with E-state index in [9.17, 15) is 0 Å². The Morgan fingerprint density at radius 3 is 2.55 bits per heavy atom. The Hall–Kier alpha value is -2.15. The van der Waals surface area contributed by atoms with Gasteiger partial charge >= 0.3 is 0 Å². The molecule has 4 heteroatoms. The molecule has 1 rings (SSSR count). The third-order valence-corrected chi connectivity index (χ3v) is 2.42. The summed E-state index contributed by atoms with van der Waals surface area (Å²) < 4.78 is 5.60. The van der Waals surface area contributed by atoms with Gasteiger partial charge in [-0.05, 0) is 38.5 Å². The van der Waals surface area contributed by atoms with E-state index in [-0.39, 0.29) is 6.10 Å². The second-order valence-corrected chi connectivity index (χ2v) is 4.56. The normalized spacial score (nSPS) is 11.1. The number of guanidine groups is 1. The highest BCUT2D eigenvalue weighted by Gasteiger charge is 1.99. The third-order valence-electron chi connectivity index (χ3n) is 2.42. The van der Waals surface area contributed by atoms with Gasteiger partial charge in [0.1, 0.15) is 5.75 Å². The van der Waals surface area contributed by atoms with Crippen molar-refractivity contribution >= 4 is 5.96 Å². The van der Waals surface area contributed by atoms with Crippen molar-refractivity contribution in [3.63, 3.8) is 0 Å². The molecule has 2 N–H and O–H groups in total. The van der Waals surface area contributed by atoms with Crippen molar-refractivity contribution in [2.24, 2.45) is 4.99 Å². The minimum atomic E-state index is 0.187. The summed E-state index contributed by atoms with van der Waals surface area (Å²) in [7, 11) is 0. The number of terminal acetylenes is 1. The molecular formula is C16H23N3O. The molecule has 1 aromatic carbocycles. The third kappa shape index (κ3) is 6.14. The predicted molar refractivity (Wildman–Crippen MR) is 83.9 cm³/mol. The van der Waals surface area contributed by atoms with Crippen LogP contribution in [0.2, 0.25) is 0 Å². The van der Waals surface area contributed by atoms with Gasteiger partial charge in [-0.3, -0.25) is 0 Å². The number of hydrogen-bond donors (Lipinski definition) is 2. The fourth-order valence-corrected chi connectivity index (χ4v) is 1.59. The fourth-order valence-electron chi connectivity index (χ4n) is 1.59. The first-order chi connectivity index (χ1) is 9.65. The summed E-state index contributed by atoms with van der Waals surface area (Å²) in [5.74, 6) is 4.14. The van der Waals surface area contributed by atoms with Crippen molar-refractivity contribution in [2.75, 3.05) is 13.1 Å². The number of aliphatic imine (C=N–C) groups is 1. The molecular weight excluding hydrogens is 250 g/mol. The number of ether oxygens (including phenoxy) is 1. The van der Waals surface area contributed by atoms with Crippen molar-refractivity contribution in [1.29, 1.82) is 0 Å². The second-order valence-electron chi connectivity index (χ2n) is 4.56. The molecule has 0 unspecified atom stereocenters. The van der Waals surface area contributed by atoms with Gasteiger partial charge in [-0.15, -0.1) is 6.42 Å². The van der Waals surface area contributed by atoms with Gasteiger partial charge in [-0.2, -0.15) is 0 Å². The molecule has 0 saturated heterocycles. The van der Waals surface area contributed by atoms with Gasteiger partial charge in [-0.1, -0.05) is 18.1 Å². The molecule has 0 atom stereocenters. The molecule has 0 radical (unpaired) electrons. The van der Waals surface area contributed by atoms with Crippen LogP contribution in [-0.2, 0) is 6.54 Å². The molecule has 0 spiro atoms. The Morgan fingerprint density at radius 2 is 2.00 bits per heavy atom. The molecule has 0 bridgehead atoms. The van der Waals surface area contributed by atoms with Gasteiger partial charge in [0.05, 0.1) is 19.2 Å². The van der Waals surface area contributed by atoms with Gasteiger partial charge in [-0.25, -0.2) is 4.99 Å². The predicted octanol–water partition coefficient (Wildman–Crippen LogP) is 2.16. The first-order valence-electron chi connectivity index (χ1n) is 6.87. The summed E-state index contributed by atoms with van der Waals surface area (Å²) in [6.07, 6.45) is 5.41. The first kappa shape index (κ1) is 15.9. The topological polar surface area (TPSA) is 45.7 Å². The molecule has 0 aliphatic heterocycles. The molecule has 0 amide bonds. The van der Waals surface area contributed by atoms with Crippen molar-refractivity contribution in [2.45, 2.75) is 33.4 Å². The molecule has 0 heterocycles. The lowest BCUT2D eigenvalue weighted by Gasteiger charge is -2.10. The Kier molecular flexibility index (Phi) is 7.05. The smallest absolute Gasteiger partial charge is 0.192 e. The molecule has 1 aromatic rings. The Bertz CT molecular complexity index is 458. The highest BCUT2D eigenvalue weighted by atomic mass is 16.5. The van der Waals surface area contributed by atoms with Crippen LogP contribution in [-0.4, -0.2) is 25.2 Å². The average Bonchev–Trinajstić information content (AvgIpc) is 2.43. The molecule has 0 fully saturated rings. The molecule has 0 aliphatic carbocycles. The quantitative estimate of drug-likeness (QED) is 0.474. The zero-order chi connectivity index (χ0) is 14.8. The van der Waals surface area contributed by atoms with Crippen molar-refractivity contribution in [1.82, 2.24) is 10.6 Å². The van der Waals surface area contributed by atoms with Crippen LogP contribution in [0.1, 0.15) is 26.3 Å². The molecule has 20 heavy (non-hydrogen) atoms. The van der Waals surface area contributed by atoms with E-state index in [1.54, 1.807) is 0 Å². The maximum atomic E-state index is 5.60. The Morgan fingerprint density at radius 1 is 1.30 bits per heavy atom. The van der Waals surface area contributed by atoms with Crippen molar-refractivity contribution in [3.05, 3.63) is 29.8 Å². The maximum absolute atomic E-state index is 5.60. The van der Waals surface area contributed by atoms with Crippen molar-refractivity contribution < 1.29 is 4.74 Å². The molecule has 4 nitrogen and oxygen atoms in total. The lowest BCUT2D eigenvalue weighted by atomic mass is 10.2. The molecule has 0 aliphatic rings. The zero-order valence-corrected chi connectivity index (χ0v) is 12.4. The fraction of sp³-hybridized carbons (Fsp3) is 0.438. The summed E-state index contributed by atoms with van der Waals surface area (Å²) in [6, 6.07) is 7.97. The maximum Gasteiger partial charge on any atom is 0.192 e. The van der Waals surface area contributed by atoms with Crippen molar-refractivity contribution in [3.8, 4) is 18.1 Å². The summed E-state index contributed by atoms with van der Waals surface area (Å²) in [4.78, 5) is 4.47. The van der Waals surface area contributed by atoms with E-state index in [1.807, 2.05) is 45.0 Å². The van der Waals surface area contributed by atoms with Gasteiger partial charge in [0, 0.05) is 6.54 Å². The monoisotopic (exact) mass is 273 g/mol. The van der Waals surface area contributed by atoms with Gasteiger partial charge < -0.3 is 15.4 Å². The standard InChI is InChI=1S/C16H23N3O/c1-5-11-18-16(17-6-2)19-12-14-7-9-15(10-8-14)20-13(3)4/h1,7-10,13H,6,11-12H2,2-4H3,(H2,17,18,19). The minimum Gasteiger partial charge on any atom is -0.491 e. The van der Waals surface area contributed by atoms with Crippen LogP contribution in [0.15, 0.2) is 29.3 Å². The first-order valence-corrected chi connectivity index (χ1v) is 6.87. The largest absolute Gasteiger partial charge is 0.491 e. The van der Waals surface area contributed by atoms with E-state index >= 15 is 0 Å². The summed E-state index contributed by atoms with van der Waals surface area (Å²) >= 11 is 0. The summed E-state index contributed by atoms with van der Waals surface area (Å²) in [5.41, 5.74) is 1.12. The van der Waals surface area contributed by atoms with E-state index in [0.29, 0.717) is 13.1 Å². The van der Waals surface area contributed by atoms with E-state index in [0.717, 1.165) is 23.8 Å². The molecule has 108 valence electrons. The summed E-state index contributed by atoms with van der Waals surface area (Å²) in [5, 5.41) is 6.20. The molecule has 0 saturated carbocycles. The minimum absolute atomic E-state index is 0.187. The van der Waals surface area contributed by atoms with Gasteiger partial charge in [0.2, 0.25) is 0 Å².